The number of anilines is 1. The number of aromatic carboxylic acids is 2. The maximum Gasteiger partial charge on any atom is 0.336 e. The monoisotopic (exact) mass is 449 g/mol. The lowest BCUT2D eigenvalue weighted by Gasteiger charge is -2.09. The molecule has 7 nitrogen and oxygen atoms in total. The summed E-state index contributed by atoms with van der Waals surface area (Å²) in [6.07, 6.45) is 0. The number of thioether (sulfide) groups is 1. The van der Waals surface area contributed by atoms with Gasteiger partial charge in [-0.15, -0.1) is 11.8 Å². The number of carboxylic acid groups (broad SMARTS) is 2. The molecule has 0 fully saturated rings. The summed E-state index contributed by atoms with van der Waals surface area (Å²) in [5.74, 6) is -3.07. The van der Waals surface area contributed by atoms with E-state index >= 15 is 0 Å². The fraction of sp³-hybridized carbons (Fsp3) is 0.0833. The highest BCUT2D eigenvalue weighted by Crippen LogP contribution is 2.22. The fourth-order valence-corrected chi connectivity index (χ4v) is 3.65. The van der Waals surface area contributed by atoms with Crippen LogP contribution in [0, 0.1) is 6.92 Å². The van der Waals surface area contributed by atoms with E-state index in [1.54, 1.807) is 36.4 Å². The third-order valence-corrected chi connectivity index (χ3v) is 5.61. The highest BCUT2D eigenvalue weighted by molar-refractivity contribution is 8.00. The predicted octanol–water partition coefficient (Wildman–Crippen LogP) is 4.62. The van der Waals surface area contributed by atoms with Gasteiger partial charge in [-0.1, -0.05) is 29.8 Å². The molecule has 0 aliphatic heterocycles. The molecule has 0 radical (unpaired) electrons. The minimum Gasteiger partial charge on any atom is -0.478 e. The number of Topliss-reactive ketones (excluding diaryl/α,β-unsaturated/α-hetero) is 1. The molecule has 0 spiro atoms. The van der Waals surface area contributed by atoms with Gasteiger partial charge in [-0.25, -0.2) is 9.59 Å². The maximum absolute atomic E-state index is 12.5. The van der Waals surface area contributed by atoms with Crippen molar-refractivity contribution in [3.8, 4) is 0 Å². The van der Waals surface area contributed by atoms with Crippen LogP contribution in [0.1, 0.15) is 47.0 Å². The number of carboxylic acids is 2. The fourth-order valence-electron chi connectivity index (χ4n) is 2.86. The Morgan fingerprint density at radius 1 is 0.781 bits per heavy atom. The second kappa shape index (κ2) is 9.93. The zero-order valence-electron chi connectivity index (χ0n) is 17.0. The smallest absolute Gasteiger partial charge is 0.336 e. The van der Waals surface area contributed by atoms with E-state index in [0.717, 1.165) is 16.5 Å². The van der Waals surface area contributed by atoms with E-state index in [-0.39, 0.29) is 22.7 Å². The lowest BCUT2D eigenvalue weighted by atomic mass is 10.0. The number of rotatable bonds is 8. The molecule has 162 valence electrons. The third-order valence-electron chi connectivity index (χ3n) is 4.60. The van der Waals surface area contributed by atoms with Crippen molar-refractivity contribution < 1.29 is 29.4 Å². The number of ketones is 1. The van der Waals surface area contributed by atoms with Gasteiger partial charge in [0, 0.05) is 16.1 Å². The average molecular weight is 449 g/mol. The molecular formula is C24H19NO6S. The molecule has 32 heavy (non-hydrogen) atoms. The first-order valence-corrected chi connectivity index (χ1v) is 10.5. The summed E-state index contributed by atoms with van der Waals surface area (Å²) in [5.41, 5.74) is 1.40. The van der Waals surface area contributed by atoms with Gasteiger partial charge in [-0.3, -0.25) is 9.59 Å². The van der Waals surface area contributed by atoms with E-state index in [4.69, 9.17) is 5.11 Å². The first-order valence-electron chi connectivity index (χ1n) is 9.49. The van der Waals surface area contributed by atoms with E-state index in [9.17, 15) is 24.3 Å². The van der Waals surface area contributed by atoms with Crippen molar-refractivity contribution in [3.05, 3.63) is 94.5 Å². The molecule has 3 aromatic carbocycles. The Balaban J connectivity index is 1.65. The molecule has 0 aliphatic rings. The van der Waals surface area contributed by atoms with E-state index in [2.05, 4.69) is 5.32 Å². The second-order valence-corrected chi connectivity index (χ2v) is 7.98. The minimum absolute atomic E-state index is 0.0124. The van der Waals surface area contributed by atoms with Crippen molar-refractivity contribution in [1.29, 1.82) is 0 Å². The Bertz CT molecular complexity index is 1190. The van der Waals surface area contributed by atoms with E-state index in [0.29, 0.717) is 11.3 Å². The van der Waals surface area contributed by atoms with E-state index in [1.807, 2.05) is 19.1 Å². The number of aryl methyl sites for hydroxylation is 1. The van der Waals surface area contributed by atoms with Crippen molar-refractivity contribution in [2.75, 3.05) is 11.1 Å². The molecule has 0 saturated carbocycles. The number of nitrogens with one attached hydrogen (secondary N) is 1. The molecule has 8 heteroatoms. The van der Waals surface area contributed by atoms with Crippen molar-refractivity contribution in [3.63, 3.8) is 0 Å². The first-order chi connectivity index (χ1) is 15.2. The van der Waals surface area contributed by atoms with Crippen LogP contribution in [0.2, 0.25) is 0 Å². The quantitative estimate of drug-likeness (QED) is 0.339. The largest absolute Gasteiger partial charge is 0.478 e. The van der Waals surface area contributed by atoms with Crippen LogP contribution >= 0.6 is 11.8 Å². The van der Waals surface area contributed by atoms with E-state index in [1.165, 1.54) is 23.9 Å². The van der Waals surface area contributed by atoms with Gasteiger partial charge in [-0.05, 0) is 49.4 Å². The third kappa shape index (κ3) is 5.61. The van der Waals surface area contributed by atoms with Gasteiger partial charge in [0.1, 0.15) is 0 Å². The topological polar surface area (TPSA) is 121 Å². The SMILES string of the molecule is Cc1ccc(C(=O)CSc2ccc(NC(=O)c3ccc(C(=O)O)cc3C(=O)O)cc2)cc1. The highest BCUT2D eigenvalue weighted by Gasteiger charge is 2.19. The summed E-state index contributed by atoms with van der Waals surface area (Å²) in [5, 5.41) is 20.9. The summed E-state index contributed by atoms with van der Waals surface area (Å²) in [4.78, 5) is 48.1. The van der Waals surface area contributed by atoms with Crippen LogP contribution in [0.4, 0.5) is 5.69 Å². The number of carbonyl (C=O) groups is 4. The zero-order chi connectivity index (χ0) is 23.3. The van der Waals surface area contributed by atoms with Gasteiger partial charge in [-0.2, -0.15) is 0 Å². The minimum atomic E-state index is -1.40. The van der Waals surface area contributed by atoms with Crippen LogP contribution in [0.25, 0.3) is 0 Å². The van der Waals surface area contributed by atoms with Crippen LogP contribution in [0.3, 0.4) is 0 Å². The van der Waals surface area contributed by atoms with Gasteiger partial charge in [0.25, 0.3) is 5.91 Å². The standard InChI is InChI=1S/C24H19NO6S/c1-14-2-4-15(5-3-14)21(26)13-32-18-9-7-17(8-10-18)25-22(27)19-11-6-16(23(28)29)12-20(19)24(30)31/h2-12H,13H2,1H3,(H,25,27)(H,28,29)(H,30,31). The van der Waals surface area contributed by atoms with E-state index < -0.39 is 23.4 Å². The molecule has 1 amide bonds. The van der Waals surface area contributed by atoms with Crippen LogP contribution in [-0.4, -0.2) is 39.6 Å². The normalized spacial score (nSPS) is 10.4. The highest BCUT2D eigenvalue weighted by atomic mass is 32.2. The molecule has 0 atom stereocenters. The average Bonchev–Trinajstić information content (AvgIpc) is 2.78. The number of hydrogen-bond acceptors (Lipinski definition) is 5. The first kappa shape index (κ1) is 22.8. The lowest BCUT2D eigenvalue weighted by molar-refractivity contribution is 0.0692. The molecule has 3 aromatic rings. The molecule has 0 bridgehead atoms. The Morgan fingerprint density at radius 3 is 2.00 bits per heavy atom. The molecule has 0 heterocycles. The molecular weight excluding hydrogens is 430 g/mol. The number of benzene rings is 3. The lowest BCUT2D eigenvalue weighted by Crippen LogP contribution is -2.17. The molecule has 3 N–H and O–H groups in total. The Kier molecular flexibility index (Phi) is 7.07. The predicted molar refractivity (Wildman–Crippen MR) is 121 cm³/mol. The Labute approximate surface area is 188 Å². The van der Waals surface area contributed by atoms with Crippen molar-refractivity contribution in [2.45, 2.75) is 11.8 Å². The molecule has 0 aromatic heterocycles. The Hall–Kier alpha value is -3.91. The maximum atomic E-state index is 12.5. The van der Waals surface area contributed by atoms with Crippen molar-refractivity contribution in [1.82, 2.24) is 0 Å². The number of carbonyl (C=O) groups excluding carboxylic acids is 2. The van der Waals surface area contributed by atoms with Gasteiger partial charge >= 0.3 is 11.9 Å². The summed E-state index contributed by atoms with van der Waals surface area (Å²) < 4.78 is 0. The molecule has 0 unspecified atom stereocenters. The van der Waals surface area contributed by atoms with Gasteiger partial charge < -0.3 is 15.5 Å². The van der Waals surface area contributed by atoms with Crippen LogP contribution in [-0.2, 0) is 0 Å². The summed E-state index contributed by atoms with van der Waals surface area (Å²) in [6, 6.07) is 17.4. The zero-order valence-corrected chi connectivity index (χ0v) is 17.8. The van der Waals surface area contributed by atoms with Gasteiger partial charge in [0.15, 0.2) is 5.78 Å². The van der Waals surface area contributed by atoms with Crippen molar-refractivity contribution >= 4 is 41.1 Å². The molecule has 3 rings (SSSR count). The molecule has 0 saturated heterocycles. The molecule has 0 aliphatic carbocycles. The summed E-state index contributed by atoms with van der Waals surface area (Å²) in [7, 11) is 0. The second-order valence-electron chi connectivity index (χ2n) is 6.93. The number of amides is 1. The number of hydrogen-bond donors (Lipinski definition) is 3. The van der Waals surface area contributed by atoms with Crippen LogP contribution in [0.15, 0.2) is 71.6 Å². The van der Waals surface area contributed by atoms with Crippen LogP contribution in [0.5, 0.6) is 0 Å². The Morgan fingerprint density at radius 2 is 1.41 bits per heavy atom. The van der Waals surface area contributed by atoms with Crippen LogP contribution < -0.4 is 5.32 Å². The van der Waals surface area contributed by atoms with Gasteiger partial charge in [0.05, 0.1) is 22.4 Å². The summed E-state index contributed by atoms with van der Waals surface area (Å²) in [6.45, 7) is 1.96. The van der Waals surface area contributed by atoms with Gasteiger partial charge in [0.2, 0.25) is 0 Å². The summed E-state index contributed by atoms with van der Waals surface area (Å²) >= 11 is 1.37. The van der Waals surface area contributed by atoms with Crippen molar-refractivity contribution in [2.24, 2.45) is 0 Å².